The Balaban J connectivity index is 1.95. The molecule has 0 saturated carbocycles. The van der Waals surface area contributed by atoms with Gasteiger partial charge >= 0.3 is 0 Å². The molecule has 0 aliphatic rings. The van der Waals surface area contributed by atoms with Crippen LogP contribution in [0.4, 0.5) is 5.69 Å². The summed E-state index contributed by atoms with van der Waals surface area (Å²) in [5.41, 5.74) is 1.46. The van der Waals surface area contributed by atoms with Crippen LogP contribution in [-0.2, 0) is 4.79 Å². The number of aromatic nitrogens is 1. The molecular weight excluding hydrogens is 344 g/mol. The first kappa shape index (κ1) is 16.7. The minimum absolute atomic E-state index is 0.125. The highest BCUT2D eigenvalue weighted by molar-refractivity contribution is 7.14. The van der Waals surface area contributed by atoms with Crippen LogP contribution in [0.25, 0.3) is 10.1 Å². The highest BCUT2D eigenvalue weighted by atomic mass is 35.5. The van der Waals surface area contributed by atoms with Gasteiger partial charge in [0.05, 0.1) is 10.1 Å². The summed E-state index contributed by atoms with van der Waals surface area (Å²) >= 11 is 7.33. The Hall–Kier alpha value is -2.11. The molecule has 0 aliphatic heterocycles. The number of anilines is 1. The fraction of sp³-hybridized carbons (Fsp3) is 0.222. The third-order valence-electron chi connectivity index (χ3n) is 3.94. The Bertz CT molecular complexity index is 961. The van der Waals surface area contributed by atoms with E-state index in [-0.39, 0.29) is 11.5 Å². The maximum atomic E-state index is 12.7. The van der Waals surface area contributed by atoms with E-state index in [4.69, 9.17) is 11.6 Å². The largest absolute Gasteiger partial charge is 0.324 e. The van der Waals surface area contributed by atoms with Crippen LogP contribution in [0.15, 0.2) is 47.3 Å². The average Bonchev–Trinajstić information content (AvgIpc) is 2.89. The third-order valence-corrected chi connectivity index (χ3v) is 5.35. The lowest BCUT2D eigenvalue weighted by Gasteiger charge is -2.16. The Morgan fingerprint density at radius 2 is 2.04 bits per heavy atom. The van der Waals surface area contributed by atoms with Crippen LogP contribution in [0.1, 0.15) is 24.9 Å². The third kappa shape index (κ3) is 3.09. The molecule has 24 heavy (non-hydrogen) atoms. The van der Waals surface area contributed by atoms with Gasteiger partial charge in [-0.25, -0.2) is 0 Å². The van der Waals surface area contributed by atoms with Gasteiger partial charge in [-0.2, -0.15) is 0 Å². The summed E-state index contributed by atoms with van der Waals surface area (Å²) in [6.45, 7) is 3.80. The molecule has 0 radical (unpaired) electrons. The first-order chi connectivity index (χ1) is 11.5. The molecule has 1 aromatic heterocycles. The van der Waals surface area contributed by atoms with Gasteiger partial charge in [0, 0.05) is 10.7 Å². The molecule has 1 heterocycles. The molecule has 0 fully saturated rings. The van der Waals surface area contributed by atoms with E-state index in [1.807, 2.05) is 38.1 Å². The van der Waals surface area contributed by atoms with Crippen molar-refractivity contribution in [1.82, 2.24) is 3.96 Å². The first-order valence-corrected chi connectivity index (χ1v) is 8.84. The van der Waals surface area contributed by atoms with Gasteiger partial charge in [-0.3, -0.25) is 13.5 Å². The minimum atomic E-state index is -0.548. The zero-order valence-electron chi connectivity index (χ0n) is 13.4. The lowest BCUT2D eigenvalue weighted by molar-refractivity contribution is -0.119. The van der Waals surface area contributed by atoms with Gasteiger partial charge in [0.2, 0.25) is 5.91 Å². The number of benzene rings is 2. The van der Waals surface area contributed by atoms with E-state index in [1.165, 1.54) is 11.5 Å². The van der Waals surface area contributed by atoms with E-state index in [2.05, 4.69) is 5.32 Å². The normalized spacial score (nSPS) is 12.3. The first-order valence-electron chi connectivity index (χ1n) is 7.69. The summed E-state index contributed by atoms with van der Waals surface area (Å²) < 4.78 is 2.44. The van der Waals surface area contributed by atoms with Crippen LogP contribution in [0.2, 0.25) is 5.02 Å². The van der Waals surface area contributed by atoms with E-state index < -0.39 is 6.04 Å². The summed E-state index contributed by atoms with van der Waals surface area (Å²) in [5.74, 6) is -0.212. The number of halogens is 1. The number of hydrogen-bond donors (Lipinski definition) is 1. The number of amides is 1. The molecular formula is C18H17ClN2O2S. The standard InChI is InChI=1S/C18H17ClN2O2S/c1-3-15(17(22)20-14-10-12(19)9-8-11(14)2)21-18(23)13-6-4-5-7-16(13)24-21/h4-10,15H,3H2,1-2H3,(H,20,22). The van der Waals surface area contributed by atoms with Crippen molar-refractivity contribution in [2.24, 2.45) is 0 Å². The fourth-order valence-electron chi connectivity index (χ4n) is 2.60. The quantitative estimate of drug-likeness (QED) is 0.738. The summed E-state index contributed by atoms with van der Waals surface area (Å²) in [7, 11) is 0. The summed E-state index contributed by atoms with van der Waals surface area (Å²) in [5, 5.41) is 4.10. The van der Waals surface area contributed by atoms with Gasteiger partial charge in [0.1, 0.15) is 6.04 Å². The van der Waals surface area contributed by atoms with Crippen LogP contribution >= 0.6 is 23.1 Å². The molecule has 3 rings (SSSR count). The highest BCUT2D eigenvalue weighted by Gasteiger charge is 2.23. The van der Waals surface area contributed by atoms with Crippen LogP contribution in [0.3, 0.4) is 0 Å². The van der Waals surface area contributed by atoms with Gasteiger partial charge in [0.15, 0.2) is 0 Å². The number of carbonyl (C=O) groups is 1. The van der Waals surface area contributed by atoms with Crippen molar-refractivity contribution in [3.63, 3.8) is 0 Å². The zero-order valence-corrected chi connectivity index (χ0v) is 14.9. The number of hydrogen-bond acceptors (Lipinski definition) is 3. The van der Waals surface area contributed by atoms with E-state index in [9.17, 15) is 9.59 Å². The van der Waals surface area contributed by atoms with E-state index >= 15 is 0 Å². The van der Waals surface area contributed by atoms with Crippen molar-refractivity contribution in [3.8, 4) is 0 Å². The lowest BCUT2D eigenvalue weighted by atomic mass is 10.1. The number of fused-ring (bicyclic) bond motifs is 1. The van der Waals surface area contributed by atoms with Gasteiger partial charge in [-0.1, -0.05) is 48.3 Å². The molecule has 4 nitrogen and oxygen atoms in total. The monoisotopic (exact) mass is 360 g/mol. The second-order valence-corrected chi connectivity index (χ2v) is 7.04. The summed E-state index contributed by atoms with van der Waals surface area (Å²) in [6, 6.07) is 12.2. The maximum absolute atomic E-state index is 12.7. The van der Waals surface area contributed by atoms with Crippen molar-refractivity contribution < 1.29 is 4.79 Å². The SMILES string of the molecule is CCC(C(=O)Nc1cc(Cl)ccc1C)n1sc2ccccc2c1=O. The zero-order chi connectivity index (χ0) is 17.3. The molecule has 1 amide bonds. The Labute approximate surface area is 148 Å². The van der Waals surface area contributed by atoms with Crippen molar-refractivity contribution in [1.29, 1.82) is 0 Å². The maximum Gasteiger partial charge on any atom is 0.269 e. The Morgan fingerprint density at radius 1 is 1.29 bits per heavy atom. The van der Waals surface area contributed by atoms with Gasteiger partial charge < -0.3 is 5.32 Å². The second kappa shape index (κ2) is 6.79. The topological polar surface area (TPSA) is 51.1 Å². The van der Waals surface area contributed by atoms with Gasteiger partial charge in [0.25, 0.3) is 5.56 Å². The Morgan fingerprint density at radius 3 is 2.75 bits per heavy atom. The predicted octanol–water partition coefficient (Wildman–Crippen LogP) is 4.61. The Kier molecular flexibility index (Phi) is 4.73. The van der Waals surface area contributed by atoms with Crippen molar-refractivity contribution in [2.45, 2.75) is 26.3 Å². The van der Waals surface area contributed by atoms with Crippen LogP contribution in [-0.4, -0.2) is 9.86 Å². The summed E-state index contributed by atoms with van der Waals surface area (Å²) in [6.07, 6.45) is 0.526. The number of nitrogens with zero attached hydrogens (tertiary/aromatic N) is 1. The molecule has 0 spiro atoms. The van der Waals surface area contributed by atoms with Crippen molar-refractivity contribution in [2.75, 3.05) is 5.32 Å². The smallest absolute Gasteiger partial charge is 0.269 e. The molecule has 2 aromatic carbocycles. The minimum Gasteiger partial charge on any atom is -0.324 e. The molecule has 0 bridgehead atoms. The van der Waals surface area contributed by atoms with E-state index in [0.29, 0.717) is 22.5 Å². The van der Waals surface area contributed by atoms with Crippen LogP contribution in [0.5, 0.6) is 0 Å². The number of rotatable bonds is 4. The number of carbonyl (C=O) groups excluding carboxylic acids is 1. The van der Waals surface area contributed by atoms with Crippen LogP contribution in [0, 0.1) is 6.92 Å². The number of nitrogens with one attached hydrogen (secondary N) is 1. The highest BCUT2D eigenvalue weighted by Crippen LogP contribution is 2.25. The fourth-order valence-corrected chi connectivity index (χ4v) is 3.93. The molecule has 3 aromatic rings. The second-order valence-electron chi connectivity index (χ2n) is 5.59. The molecule has 0 saturated heterocycles. The molecule has 124 valence electrons. The van der Waals surface area contributed by atoms with Crippen LogP contribution < -0.4 is 10.9 Å². The van der Waals surface area contributed by atoms with Gasteiger partial charge in [-0.05, 0) is 43.2 Å². The molecule has 1 unspecified atom stereocenters. The van der Waals surface area contributed by atoms with Crippen molar-refractivity contribution in [3.05, 3.63) is 63.4 Å². The molecule has 1 atom stereocenters. The molecule has 0 aliphatic carbocycles. The molecule has 1 N–H and O–H groups in total. The summed E-state index contributed by atoms with van der Waals surface area (Å²) in [4.78, 5) is 25.3. The van der Waals surface area contributed by atoms with E-state index in [0.717, 1.165) is 10.3 Å². The van der Waals surface area contributed by atoms with Crippen molar-refractivity contribution >= 4 is 44.8 Å². The predicted molar refractivity (Wildman–Crippen MR) is 100 cm³/mol. The van der Waals surface area contributed by atoms with E-state index in [1.54, 1.807) is 22.2 Å². The lowest BCUT2D eigenvalue weighted by Crippen LogP contribution is -2.30. The van der Waals surface area contributed by atoms with Gasteiger partial charge in [-0.15, -0.1) is 0 Å². The number of aryl methyl sites for hydroxylation is 1. The molecule has 6 heteroatoms. The average molecular weight is 361 g/mol.